The number of thioether (sulfide) groups is 1. The van der Waals surface area contributed by atoms with E-state index in [2.05, 4.69) is 15.3 Å². The van der Waals surface area contributed by atoms with E-state index < -0.39 is 5.25 Å². The SMILES string of the molecule is CCCc1cc(=O)[nH]c(S[C@H](C)C(=O)Nc2ccc(Cl)cc2)n1. The molecule has 0 saturated heterocycles. The Hall–Kier alpha value is -1.79. The van der Waals surface area contributed by atoms with Crippen LogP contribution in [0, 0.1) is 0 Å². The molecule has 0 spiro atoms. The van der Waals surface area contributed by atoms with Crippen molar-refractivity contribution < 1.29 is 4.79 Å². The summed E-state index contributed by atoms with van der Waals surface area (Å²) in [6.45, 7) is 3.79. The lowest BCUT2D eigenvalue weighted by Crippen LogP contribution is -2.23. The van der Waals surface area contributed by atoms with Crippen LogP contribution >= 0.6 is 23.4 Å². The van der Waals surface area contributed by atoms with Gasteiger partial charge in [-0.05, 0) is 37.6 Å². The third-order valence-corrected chi connectivity index (χ3v) is 4.28. The number of halogens is 1. The number of amides is 1. The fourth-order valence-corrected chi connectivity index (χ4v) is 2.88. The lowest BCUT2D eigenvalue weighted by atomic mass is 10.2. The van der Waals surface area contributed by atoms with Gasteiger partial charge in [0.1, 0.15) is 0 Å². The molecule has 1 amide bonds. The number of benzene rings is 1. The molecule has 122 valence electrons. The number of carbonyl (C=O) groups excluding carboxylic acids is 1. The topological polar surface area (TPSA) is 74.8 Å². The highest BCUT2D eigenvalue weighted by Gasteiger charge is 2.16. The zero-order valence-corrected chi connectivity index (χ0v) is 14.5. The molecule has 0 aliphatic rings. The lowest BCUT2D eigenvalue weighted by molar-refractivity contribution is -0.115. The number of nitrogens with one attached hydrogen (secondary N) is 2. The zero-order chi connectivity index (χ0) is 16.8. The molecule has 23 heavy (non-hydrogen) atoms. The van der Waals surface area contributed by atoms with Gasteiger partial charge in [-0.3, -0.25) is 9.59 Å². The Bertz CT molecular complexity index is 731. The Balaban J connectivity index is 2.03. The van der Waals surface area contributed by atoms with Crippen LogP contribution in [-0.4, -0.2) is 21.1 Å². The Morgan fingerprint density at radius 1 is 1.39 bits per heavy atom. The van der Waals surface area contributed by atoms with Crippen molar-refractivity contribution in [1.29, 1.82) is 0 Å². The second-order valence-electron chi connectivity index (χ2n) is 5.05. The normalized spacial score (nSPS) is 12.0. The largest absolute Gasteiger partial charge is 0.325 e. The summed E-state index contributed by atoms with van der Waals surface area (Å²) >= 11 is 7.04. The molecule has 0 aliphatic carbocycles. The van der Waals surface area contributed by atoms with Gasteiger partial charge in [0.25, 0.3) is 5.56 Å². The number of aromatic nitrogens is 2. The monoisotopic (exact) mass is 351 g/mol. The van der Waals surface area contributed by atoms with E-state index in [-0.39, 0.29) is 11.5 Å². The summed E-state index contributed by atoms with van der Waals surface area (Å²) in [5.74, 6) is -0.166. The van der Waals surface area contributed by atoms with E-state index in [9.17, 15) is 9.59 Å². The summed E-state index contributed by atoms with van der Waals surface area (Å²) in [5, 5.41) is 3.48. The highest BCUT2D eigenvalue weighted by Crippen LogP contribution is 2.21. The molecular weight excluding hydrogens is 334 g/mol. The summed E-state index contributed by atoms with van der Waals surface area (Å²) < 4.78 is 0. The maximum Gasteiger partial charge on any atom is 0.251 e. The quantitative estimate of drug-likeness (QED) is 0.617. The summed E-state index contributed by atoms with van der Waals surface area (Å²) in [6.07, 6.45) is 1.65. The van der Waals surface area contributed by atoms with E-state index in [1.807, 2.05) is 6.92 Å². The second kappa shape index (κ2) is 8.17. The van der Waals surface area contributed by atoms with Crippen molar-refractivity contribution in [3.05, 3.63) is 51.4 Å². The van der Waals surface area contributed by atoms with Gasteiger partial charge in [0, 0.05) is 22.5 Å². The predicted molar refractivity (Wildman–Crippen MR) is 94.3 cm³/mol. The number of carbonyl (C=O) groups is 1. The molecule has 7 heteroatoms. The third-order valence-electron chi connectivity index (χ3n) is 3.05. The van der Waals surface area contributed by atoms with E-state index in [0.29, 0.717) is 15.9 Å². The minimum atomic E-state index is -0.397. The van der Waals surface area contributed by atoms with Crippen molar-refractivity contribution in [2.45, 2.75) is 37.1 Å². The second-order valence-corrected chi connectivity index (χ2v) is 6.81. The van der Waals surface area contributed by atoms with E-state index in [1.54, 1.807) is 31.2 Å². The maximum atomic E-state index is 12.2. The first-order chi connectivity index (χ1) is 11.0. The first-order valence-electron chi connectivity index (χ1n) is 7.31. The van der Waals surface area contributed by atoms with Crippen LogP contribution in [0.2, 0.25) is 5.02 Å². The Labute approximate surface area is 143 Å². The molecule has 1 atom stereocenters. The van der Waals surface area contributed by atoms with Gasteiger partial charge >= 0.3 is 0 Å². The highest BCUT2D eigenvalue weighted by molar-refractivity contribution is 8.00. The maximum absolute atomic E-state index is 12.2. The minimum Gasteiger partial charge on any atom is -0.325 e. The van der Waals surface area contributed by atoms with Crippen LogP contribution in [0.1, 0.15) is 26.0 Å². The van der Waals surface area contributed by atoms with E-state index >= 15 is 0 Å². The average Bonchev–Trinajstić information content (AvgIpc) is 2.49. The number of rotatable bonds is 6. The van der Waals surface area contributed by atoms with Gasteiger partial charge in [0.2, 0.25) is 5.91 Å². The molecule has 2 N–H and O–H groups in total. The Morgan fingerprint density at radius 3 is 2.74 bits per heavy atom. The van der Waals surface area contributed by atoms with Crippen LogP contribution in [0.15, 0.2) is 40.3 Å². The number of nitrogens with zero attached hydrogens (tertiary/aromatic N) is 1. The van der Waals surface area contributed by atoms with E-state index in [4.69, 9.17) is 11.6 Å². The van der Waals surface area contributed by atoms with Crippen molar-refractivity contribution in [3.63, 3.8) is 0 Å². The van der Waals surface area contributed by atoms with Gasteiger partial charge in [-0.1, -0.05) is 36.7 Å². The number of H-pyrrole nitrogens is 1. The van der Waals surface area contributed by atoms with Crippen LogP contribution in [0.25, 0.3) is 0 Å². The van der Waals surface area contributed by atoms with Crippen LogP contribution in [0.3, 0.4) is 0 Å². The number of hydrogen-bond acceptors (Lipinski definition) is 4. The van der Waals surface area contributed by atoms with Crippen molar-refractivity contribution in [2.24, 2.45) is 0 Å². The summed E-state index contributed by atoms with van der Waals surface area (Å²) in [7, 11) is 0. The molecule has 1 aromatic heterocycles. The predicted octanol–water partition coefficient (Wildman–Crippen LogP) is 3.50. The number of aromatic amines is 1. The van der Waals surface area contributed by atoms with Crippen molar-refractivity contribution in [2.75, 3.05) is 5.32 Å². The van der Waals surface area contributed by atoms with E-state index in [1.165, 1.54) is 17.8 Å². The van der Waals surface area contributed by atoms with Gasteiger partial charge in [-0.25, -0.2) is 4.98 Å². The number of aryl methyl sites for hydroxylation is 1. The Morgan fingerprint density at radius 2 is 2.09 bits per heavy atom. The molecule has 0 fully saturated rings. The molecule has 2 rings (SSSR count). The highest BCUT2D eigenvalue weighted by atomic mass is 35.5. The van der Waals surface area contributed by atoms with Crippen LogP contribution in [0.5, 0.6) is 0 Å². The van der Waals surface area contributed by atoms with Gasteiger partial charge in [-0.2, -0.15) is 0 Å². The number of hydrogen-bond donors (Lipinski definition) is 2. The molecule has 2 aromatic rings. The molecular formula is C16H18ClN3O2S. The first kappa shape index (κ1) is 17.6. The molecule has 5 nitrogen and oxygen atoms in total. The standard InChI is InChI=1S/C16H18ClN3O2S/c1-3-4-13-9-14(21)20-16(19-13)23-10(2)15(22)18-12-7-5-11(17)6-8-12/h5-10H,3-4H2,1-2H3,(H,18,22)(H,19,20,21)/t10-/m1/s1. The van der Waals surface area contributed by atoms with Crippen LogP contribution in [0.4, 0.5) is 5.69 Å². The van der Waals surface area contributed by atoms with Gasteiger partial charge in [0.05, 0.1) is 5.25 Å². The molecule has 0 unspecified atom stereocenters. The third kappa shape index (κ3) is 5.41. The number of anilines is 1. The molecule has 0 saturated carbocycles. The average molecular weight is 352 g/mol. The Kier molecular flexibility index (Phi) is 6.24. The van der Waals surface area contributed by atoms with Crippen molar-refractivity contribution in [3.8, 4) is 0 Å². The first-order valence-corrected chi connectivity index (χ1v) is 8.57. The molecule has 1 heterocycles. The smallest absolute Gasteiger partial charge is 0.251 e. The van der Waals surface area contributed by atoms with Gasteiger partial charge < -0.3 is 10.3 Å². The molecule has 1 aromatic carbocycles. The van der Waals surface area contributed by atoms with Crippen LogP contribution in [-0.2, 0) is 11.2 Å². The van der Waals surface area contributed by atoms with Crippen molar-refractivity contribution in [1.82, 2.24) is 9.97 Å². The lowest BCUT2D eigenvalue weighted by Gasteiger charge is -2.12. The molecule has 0 aliphatic heterocycles. The van der Waals surface area contributed by atoms with Gasteiger partial charge in [0.15, 0.2) is 5.16 Å². The van der Waals surface area contributed by atoms with Crippen molar-refractivity contribution >= 4 is 35.0 Å². The minimum absolute atomic E-state index is 0.166. The fourth-order valence-electron chi connectivity index (χ4n) is 1.92. The summed E-state index contributed by atoms with van der Waals surface area (Å²) in [4.78, 5) is 30.9. The summed E-state index contributed by atoms with van der Waals surface area (Å²) in [5.41, 5.74) is 1.22. The van der Waals surface area contributed by atoms with E-state index in [0.717, 1.165) is 18.5 Å². The zero-order valence-electron chi connectivity index (χ0n) is 12.9. The summed E-state index contributed by atoms with van der Waals surface area (Å²) in [6, 6.07) is 8.38. The molecule has 0 bridgehead atoms. The molecule has 0 radical (unpaired) electrons. The van der Waals surface area contributed by atoms with Gasteiger partial charge in [-0.15, -0.1) is 0 Å². The van der Waals surface area contributed by atoms with Crippen LogP contribution < -0.4 is 10.9 Å². The fraction of sp³-hybridized carbons (Fsp3) is 0.312.